The van der Waals surface area contributed by atoms with Crippen LogP contribution in [-0.4, -0.2) is 21.4 Å². The molecule has 0 aromatic heterocycles. The molecule has 0 bridgehead atoms. The summed E-state index contributed by atoms with van der Waals surface area (Å²) in [5, 5.41) is 5.23. The molecular weight excluding hydrogens is 405 g/mol. The van der Waals surface area contributed by atoms with Gasteiger partial charge in [-0.1, -0.05) is 48.5 Å². The molecule has 0 saturated carbocycles. The molecule has 28 heavy (non-hydrogen) atoms. The molecule has 0 aliphatic rings. The van der Waals surface area contributed by atoms with Crippen molar-refractivity contribution in [1.82, 2.24) is 0 Å². The van der Waals surface area contributed by atoms with E-state index in [0.29, 0.717) is 5.56 Å². The van der Waals surface area contributed by atoms with Crippen molar-refractivity contribution in [1.29, 1.82) is 0 Å². The Morgan fingerprint density at radius 3 is 2.00 bits per heavy atom. The van der Waals surface area contributed by atoms with Crippen LogP contribution in [0, 0.1) is 5.82 Å². The van der Waals surface area contributed by atoms with E-state index in [1.165, 1.54) is 6.07 Å². The van der Waals surface area contributed by atoms with Crippen molar-refractivity contribution in [3.05, 3.63) is 83.7 Å². The van der Waals surface area contributed by atoms with Gasteiger partial charge in [0.25, 0.3) is 10.1 Å². The predicted molar refractivity (Wildman–Crippen MR) is 102 cm³/mol. The molecule has 0 radical (unpaired) electrons. The fourth-order valence-electron chi connectivity index (χ4n) is 3.02. The smallest absolute Gasteiger partial charge is 0.282 e. The van der Waals surface area contributed by atoms with Gasteiger partial charge < -0.3 is 0 Å². The number of rotatable bonds is 5. The monoisotopic (exact) mass is 421 g/mol. The van der Waals surface area contributed by atoms with Gasteiger partial charge in [-0.2, -0.15) is 8.42 Å². The minimum absolute atomic E-state index is 0.206. The van der Waals surface area contributed by atoms with E-state index in [4.69, 9.17) is 5.14 Å². The van der Waals surface area contributed by atoms with Crippen LogP contribution < -0.4 is 5.14 Å². The topological polar surface area (TPSA) is 115 Å². The largest absolute Gasteiger partial charge is 0.295 e. The third-order valence-corrected chi connectivity index (χ3v) is 6.01. The maximum atomic E-state index is 14.9. The highest BCUT2D eigenvalue weighted by Gasteiger charge is 2.28. The highest BCUT2D eigenvalue weighted by molar-refractivity contribution is 7.89. The highest BCUT2D eigenvalue weighted by atomic mass is 32.2. The van der Waals surface area contributed by atoms with E-state index in [9.17, 15) is 25.8 Å². The van der Waals surface area contributed by atoms with Crippen LogP contribution in [0.2, 0.25) is 0 Å². The van der Waals surface area contributed by atoms with Gasteiger partial charge in [0.05, 0.1) is 4.90 Å². The van der Waals surface area contributed by atoms with Crippen molar-refractivity contribution in [3.63, 3.8) is 0 Å². The molecule has 0 unspecified atom stereocenters. The Morgan fingerprint density at radius 1 is 0.786 bits per heavy atom. The van der Waals surface area contributed by atoms with Crippen molar-refractivity contribution in [2.24, 2.45) is 5.14 Å². The maximum absolute atomic E-state index is 14.9. The van der Waals surface area contributed by atoms with Crippen LogP contribution in [0.1, 0.15) is 11.1 Å². The minimum Gasteiger partial charge on any atom is -0.282 e. The second-order valence-electron chi connectivity index (χ2n) is 6.09. The molecule has 0 spiro atoms. The van der Waals surface area contributed by atoms with Gasteiger partial charge in [0.1, 0.15) is 10.7 Å². The maximum Gasteiger partial charge on any atom is 0.295 e. The molecule has 0 atom stereocenters. The third-order valence-electron chi connectivity index (χ3n) is 4.16. The van der Waals surface area contributed by atoms with E-state index < -0.39 is 41.3 Å². The quantitative estimate of drug-likeness (QED) is 0.615. The number of hydrogen-bond acceptors (Lipinski definition) is 4. The fourth-order valence-corrected chi connectivity index (χ4v) is 4.57. The van der Waals surface area contributed by atoms with Crippen LogP contribution in [0.3, 0.4) is 0 Å². The Balaban J connectivity index is 2.39. The molecule has 0 aliphatic carbocycles. The van der Waals surface area contributed by atoms with E-state index in [2.05, 4.69) is 0 Å². The van der Waals surface area contributed by atoms with Gasteiger partial charge >= 0.3 is 0 Å². The second kappa shape index (κ2) is 7.44. The summed E-state index contributed by atoms with van der Waals surface area (Å²) < 4.78 is 72.4. The molecule has 0 saturated heterocycles. The SMILES string of the molecule is NS(=O)(=O)c1cccc(S(=O)(=O)O)c1-c1c(F)cccc1Cc1ccccc1. The zero-order valence-corrected chi connectivity index (χ0v) is 16.0. The zero-order chi connectivity index (χ0) is 20.5. The first-order valence-electron chi connectivity index (χ1n) is 8.04. The first kappa shape index (κ1) is 20.2. The Labute approximate surface area is 162 Å². The Hall–Kier alpha value is -2.59. The first-order chi connectivity index (χ1) is 13.1. The van der Waals surface area contributed by atoms with Gasteiger partial charge in [0.2, 0.25) is 10.0 Å². The summed E-state index contributed by atoms with van der Waals surface area (Å²) in [6.45, 7) is 0. The summed E-state index contributed by atoms with van der Waals surface area (Å²) in [5.74, 6) is -0.838. The molecule has 3 aromatic carbocycles. The number of hydrogen-bond donors (Lipinski definition) is 2. The van der Waals surface area contributed by atoms with E-state index in [-0.39, 0.29) is 12.0 Å². The van der Waals surface area contributed by atoms with Gasteiger partial charge in [-0.15, -0.1) is 0 Å². The molecular formula is C19H16FNO5S2. The molecule has 0 aliphatic heterocycles. The van der Waals surface area contributed by atoms with Crippen LogP contribution >= 0.6 is 0 Å². The van der Waals surface area contributed by atoms with E-state index >= 15 is 0 Å². The van der Waals surface area contributed by atoms with Gasteiger partial charge in [0.15, 0.2) is 0 Å². The minimum atomic E-state index is -4.86. The first-order valence-corrected chi connectivity index (χ1v) is 11.0. The third kappa shape index (κ3) is 4.12. The van der Waals surface area contributed by atoms with E-state index in [1.807, 2.05) is 6.07 Å². The predicted octanol–water partition coefficient (Wildman–Crippen LogP) is 2.98. The zero-order valence-electron chi connectivity index (χ0n) is 14.4. The van der Waals surface area contributed by atoms with Gasteiger partial charge in [0, 0.05) is 11.1 Å². The summed E-state index contributed by atoms with van der Waals surface area (Å²) in [6.07, 6.45) is 0.206. The molecule has 0 fully saturated rings. The lowest BCUT2D eigenvalue weighted by atomic mass is 9.94. The number of benzene rings is 3. The molecule has 3 rings (SSSR count). The van der Waals surface area contributed by atoms with Crippen LogP contribution in [0.5, 0.6) is 0 Å². The van der Waals surface area contributed by atoms with Crippen molar-refractivity contribution < 1.29 is 25.8 Å². The van der Waals surface area contributed by atoms with Gasteiger partial charge in [-0.05, 0) is 35.7 Å². The number of nitrogens with two attached hydrogens (primary N) is 1. The normalized spacial score (nSPS) is 12.1. The standard InChI is InChI=1S/C19H16FNO5S2/c20-15-9-4-8-14(12-13-6-2-1-3-7-13)18(15)19-16(27(21,22)23)10-5-11-17(19)28(24,25)26/h1-11H,12H2,(H2,21,22,23)(H,24,25,26). The van der Waals surface area contributed by atoms with E-state index in [0.717, 1.165) is 29.8 Å². The lowest BCUT2D eigenvalue weighted by Gasteiger charge is -2.17. The van der Waals surface area contributed by atoms with Crippen LogP contribution in [0.4, 0.5) is 4.39 Å². The summed E-state index contributed by atoms with van der Waals surface area (Å²) in [6, 6.07) is 16.2. The summed E-state index contributed by atoms with van der Waals surface area (Å²) in [4.78, 5) is -1.33. The van der Waals surface area contributed by atoms with Crippen molar-refractivity contribution in [2.45, 2.75) is 16.2 Å². The van der Waals surface area contributed by atoms with Crippen molar-refractivity contribution >= 4 is 20.1 Å². The molecule has 0 amide bonds. The second-order valence-corrected chi connectivity index (χ2v) is 9.01. The number of halogens is 1. The Morgan fingerprint density at radius 2 is 1.39 bits per heavy atom. The molecule has 3 aromatic rings. The lowest BCUT2D eigenvalue weighted by molar-refractivity contribution is 0.483. The lowest BCUT2D eigenvalue weighted by Crippen LogP contribution is -2.16. The highest BCUT2D eigenvalue weighted by Crippen LogP contribution is 2.37. The Bertz CT molecular complexity index is 1190. The Kier molecular flexibility index (Phi) is 5.35. The molecule has 9 heteroatoms. The number of primary sulfonamides is 1. The summed E-state index contributed by atoms with van der Waals surface area (Å²) >= 11 is 0. The summed E-state index contributed by atoms with van der Waals surface area (Å²) in [5.41, 5.74) is 0.406. The van der Waals surface area contributed by atoms with Crippen LogP contribution in [0.25, 0.3) is 11.1 Å². The average molecular weight is 421 g/mol. The van der Waals surface area contributed by atoms with Crippen molar-refractivity contribution in [3.8, 4) is 11.1 Å². The van der Waals surface area contributed by atoms with Crippen molar-refractivity contribution in [2.75, 3.05) is 0 Å². The fraction of sp³-hybridized carbons (Fsp3) is 0.0526. The summed E-state index contributed by atoms with van der Waals surface area (Å²) in [7, 11) is -9.27. The van der Waals surface area contributed by atoms with E-state index in [1.54, 1.807) is 30.3 Å². The molecule has 146 valence electrons. The molecule has 0 heterocycles. The van der Waals surface area contributed by atoms with Gasteiger partial charge in [-0.25, -0.2) is 17.9 Å². The van der Waals surface area contributed by atoms with Gasteiger partial charge in [-0.3, -0.25) is 4.55 Å². The molecule has 3 N–H and O–H groups in total. The molecule has 6 nitrogen and oxygen atoms in total. The van der Waals surface area contributed by atoms with Crippen LogP contribution in [-0.2, 0) is 26.6 Å². The number of sulfonamides is 1. The average Bonchev–Trinajstić information content (AvgIpc) is 2.61. The van der Waals surface area contributed by atoms with Crippen LogP contribution in [0.15, 0.2) is 76.5 Å².